The standard InChI is InChI=1S/C34H22N4O/c39-31-15-6-3-9-23(31)22-18-19-26-24-10-1-4-13-28(24)37(30(26)21-22)32-16-7-17-33(36-32)38-29-14-5-2-11-25(29)27-12-8-20-35-34(27)38/h1-21,39H. The Bertz CT molecular complexity index is 2150. The van der Waals surface area contributed by atoms with Gasteiger partial charge in [-0.05, 0) is 54.1 Å². The zero-order chi connectivity index (χ0) is 25.9. The van der Waals surface area contributed by atoms with E-state index in [1.54, 1.807) is 6.07 Å². The van der Waals surface area contributed by atoms with Crippen LogP contribution in [0.1, 0.15) is 0 Å². The Morgan fingerprint density at radius 2 is 1.15 bits per heavy atom. The number of fused-ring (bicyclic) bond motifs is 6. The van der Waals surface area contributed by atoms with E-state index in [1.165, 1.54) is 0 Å². The van der Waals surface area contributed by atoms with E-state index in [-0.39, 0.29) is 5.75 Å². The minimum absolute atomic E-state index is 0.262. The molecule has 0 spiro atoms. The molecule has 0 aliphatic heterocycles. The number of hydrogen-bond acceptors (Lipinski definition) is 3. The molecular weight excluding hydrogens is 480 g/mol. The second-order valence-electron chi connectivity index (χ2n) is 9.68. The van der Waals surface area contributed by atoms with Gasteiger partial charge in [0.15, 0.2) is 0 Å². The Morgan fingerprint density at radius 1 is 0.513 bits per heavy atom. The van der Waals surface area contributed by atoms with Crippen molar-refractivity contribution in [1.82, 2.24) is 19.1 Å². The number of hydrogen-bond donors (Lipinski definition) is 1. The van der Waals surface area contributed by atoms with Gasteiger partial charge in [-0.3, -0.25) is 9.13 Å². The van der Waals surface area contributed by atoms with Crippen molar-refractivity contribution < 1.29 is 5.11 Å². The van der Waals surface area contributed by atoms with Gasteiger partial charge in [0.2, 0.25) is 0 Å². The molecule has 4 aromatic carbocycles. The van der Waals surface area contributed by atoms with Crippen LogP contribution in [0.2, 0.25) is 0 Å². The lowest BCUT2D eigenvalue weighted by molar-refractivity contribution is 0.477. The van der Waals surface area contributed by atoms with Crippen molar-refractivity contribution in [2.24, 2.45) is 0 Å². The quantitative estimate of drug-likeness (QED) is 0.266. The Kier molecular flexibility index (Phi) is 4.60. The first-order chi connectivity index (χ1) is 19.3. The van der Waals surface area contributed by atoms with Crippen LogP contribution in [0.15, 0.2) is 128 Å². The number of aromatic hydroxyl groups is 1. The van der Waals surface area contributed by atoms with E-state index in [4.69, 9.17) is 9.97 Å². The van der Waals surface area contributed by atoms with Crippen molar-refractivity contribution in [2.45, 2.75) is 0 Å². The van der Waals surface area contributed by atoms with Gasteiger partial charge in [-0.1, -0.05) is 72.8 Å². The highest BCUT2D eigenvalue weighted by Gasteiger charge is 2.17. The van der Waals surface area contributed by atoms with Gasteiger partial charge in [-0.15, -0.1) is 0 Å². The summed E-state index contributed by atoms with van der Waals surface area (Å²) in [5, 5.41) is 15.1. The van der Waals surface area contributed by atoms with E-state index in [2.05, 4.69) is 88.0 Å². The Labute approximate surface area is 223 Å². The highest BCUT2D eigenvalue weighted by Crippen LogP contribution is 2.37. The van der Waals surface area contributed by atoms with Crippen molar-refractivity contribution in [3.63, 3.8) is 0 Å². The van der Waals surface area contributed by atoms with Gasteiger partial charge in [0.25, 0.3) is 0 Å². The average Bonchev–Trinajstić information content (AvgIpc) is 3.50. The van der Waals surface area contributed by atoms with Gasteiger partial charge in [-0.2, -0.15) is 0 Å². The molecule has 8 aromatic rings. The maximum atomic E-state index is 10.5. The number of rotatable bonds is 3. The second-order valence-corrected chi connectivity index (χ2v) is 9.68. The van der Waals surface area contributed by atoms with Crippen LogP contribution >= 0.6 is 0 Å². The maximum Gasteiger partial charge on any atom is 0.146 e. The summed E-state index contributed by atoms with van der Waals surface area (Å²) in [4.78, 5) is 9.95. The molecule has 1 N–H and O–H groups in total. The van der Waals surface area contributed by atoms with Crippen molar-refractivity contribution in [2.75, 3.05) is 0 Å². The molecule has 4 heterocycles. The highest BCUT2D eigenvalue weighted by atomic mass is 16.3. The first-order valence-corrected chi connectivity index (χ1v) is 12.9. The van der Waals surface area contributed by atoms with Crippen LogP contribution < -0.4 is 0 Å². The first kappa shape index (κ1) is 21.6. The van der Waals surface area contributed by atoms with Crippen LogP contribution in [0.4, 0.5) is 0 Å². The Hall–Kier alpha value is -5.42. The van der Waals surface area contributed by atoms with Gasteiger partial charge in [0.1, 0.15) is 23.0 Å². The third kappa shape index (κ3) is 3.20. The average molecular weight is 503 g/mol. The number of benzene rings is 4. The van der Waals surface area contributed by atoms with Gasteiger partial charge in [0.05, 0.1) is 16.6 Å². The Balaban J connectivity index is 1.41. The SMILES string of the molecule is Oc1ccccc1-c1ccc2c3ccccc3n(-c3cccc(-n4c5ccccc5c5cccnc54)n3)c2c1. The van der Waals surface area contributed by atoms with Crippen molar-refractivity contribution >= 4 is 43.7 Å². The minimum atomic E-state index is 0.262. The third-order valence-corrected chi connectivity index (χ3v) is 7.50. The lowest BCUT2D eigenvalue weighted by Crippen LogP contribution is -2.03. The topological polar surface area (TPSA) is 55.9 Å². The molecule has 0 fully saturated rings. The minimum Gasteiger partial charge on any atom is -0.507 e. The molecule has 0 bridgehead atoms. The number of pyridine rings is 2. The van der Waals surface area contributed by atoms with Crippen molar-refractivity contribution in [3.8, 4) is 28.5 Å². The van der Waals surface area contributed by atoms with Gasteiger partial charge in [-0.25, -0.2) is 9.97 Å². The number of aromatic nitrogens is 4. The van der Waals surface area contributed by atoms with Crippen LogP contribution in [0.3, 0.4) is 0 Å². The van der Waals surface area contributed by atoms with Crippen LogP contribution in [0.25, 0.3) is 66.5 Å². The van der Waals surface area contributed by atoms with Gasteiger partial charge in [0, 0.05) is 33.3 Å². The smallest absolute Gasteiger partial charge is 0.146 e. The number of nitrogens with zero attached hydrogens (tertiary/aromatic N) is 4. The normalized spacial score (nSPS) is 11.7. The summed E-state index contributed by atoms with van der Waals surface area (Å²) >= 11 is 0. The molecular formula is C34H22N4O. The summed E-state index contributed by atoms with van der Waals surface area (Å²) in [6, 6.07) is 40.8. The van der Waals surface area contributed by atoms with Crippen molar-refractivity contribution in [1.29, 1.82) is 0 Å². The molecule has 0 saturated heterocycles. The molecule has 0 atom stereocenters. The zero-order valence-electron chi connectivity index (χ0n) is 20.9. The van der Waals surface area contributed by atoms with E-state index in [1.807, 2.05) is 42.6 Å². The van der Waals surface area contributed by atoms with E-state index < -0.39 is 0 Å². The lowest BCUT2D eigenvalue weighted by Gasteiger charge is -2.12. The predicted molar refractivity (Wildman–Crippen MR) is 158 cm³/mol. The third-order valence-electron chi connectivity index (χ3n) is 7.50. The molecule has 0 unspecified atom stereocenters. The second kappa shape index (κ2) is 8.30. The molecule has 39 heavy (non-hydrogen) atoms. The molecule has 8 rings (SSSR count). The van der Waals surface area contributed by atoms with Crippen LogP contribution in [0, 0.1) is 0 Å². The van der Waals surface area contributed by atoms with E-state index in [0.29, 0.717) is 0 Å². The molecule has 4 aromatic heterocycles. The predicted octanol–water partition coefficient (Wildman–Crippen LogP) is 8.04. The summed E-state index contributed by atoms with van der Waals surface area (Å²) in [6.07, 6.45) is 1.83. The highest BCUT2D eigenvalue weighted by molar-refractivity contribution is 6.10. The molecule has 0 aliphatic carbocycles. The number of phenols is 1. The van der Waals surface area contributed by atoms with E-state index in [0.717, 1.165) is 66.5 Å². The molecule has 184 valence electrons. The van der Waals surface area contributed by atoms with Crippen LogP contribution in [-0.2, 0) is 0 Å². The summed E-state index contributed by atoms with van der Waals surface area (Å²) < 4.78 is 4.34. The Morgan fingerprint density at radius 3 is 1.97 bits per heavy atom. The lowest BCUT2D eigenvalue weighted by atomic mass is 10.0. The fourth-order valence-corrected chi connectivity index (χ4v) is 5.79. The van der Waals surface area contributed by atoms with Gasteiger partial charge >= 0.3 is 0 Å². The van der Waals surface area contributed by atoms with Crippen LogP contribution in [0.5, 0.6) is 5.75 Å². The molecule has 5 heteroatoms. The number of para-hydroxylation sites is 3. The summed E-state index contributed by atoms with van der Waals surface area (Å²) in [7, 11) is 0. The van der Waals surface area contributed by atoms with E-state index in [9.17, 15) is 5.11 Å². The largest absolute Gasteiger partial charge is 0.507 e. The van der Waals surface area contributed by atoms with Crippen LogP contribution in [-0.4, -0.2) is 24.2 Å². The molecule has 5 nitrogen and oxygen atoms in total. The summed E-state index contributed by atoms with van der Waals surface area (Å²) in [6.45, 7) is 0. The maximum absolute atomic E-state index is 10.5. The summed E-state index contributed by atoms with van der Waals surface area (Å²) in [5.41, 5.74) is 5.81. The zero-order valence-corrected chi connectivity index (χ0v) is 20.9. The molecule has 0 saturated carbocycles. The molecule has 0 radical (unpaired) electrons. The monoisotopic (exact) mass is 502 g/mol. The molecule has 0 aliphatic rings. The van der Waals surface area contributed by atoms with Crippen molar-refractivity contribution in [3.05, 3.63) is 128 Å². The summed E-state index contributed by atoms with van der Waals surface area (Å²) in [5.74, 6) is 1.88. The molecule has 0 amide bonds. The fraction of sp³-hybridized carbons (Fsp3) is 0. The fourth-order valence-electron chi connectivity index (χ4n) is 5.79. The van der Waals surface area contributed by atoms with E-state index >= 15 is 0 Å². The first-order valence-electron chi connectivity index (χ1n) is 12.9. The number of phenolic OH excluding ortho intramolecular Hbond substituents is 1. The van der Waals surface area contributed by atoms with Gasteiger partial charge < -0.3 is 5.11 Å².